The van der Waals surface area contributed by atoms with Crippen molar-refractivity contribution in [3.63, 3.8) is 0 Å². The third kappa shape index (κ3) is 2.88. The second-order valence-corrected chi connectivity index (χ2v) is 6.23. The van der Waals surface area contributed by atoms with Crippen molar-refractivity contribution in [2.24, 2.45) is 0 Å². The van der Waals surface area contributed by atoms with E-state index in [0.717, 1.165) is 41.2 Å². The Balaban J connectivity index is 1.56. The van der Waals surface area contributed by atoms with Crippen LogP contribution in [0, 0.1) is 0 Å². The molecule has 1 aliphatic rings. The van der Waals surface area contributed by atoms with Crippen LogP contribution in [-0.2, 0) is 19.5 Å². The molecule has 2 aromatic heterocycles. The minimum atomic E-state index is 0.519. The SMILES string of the molecule is Clc1nc(NCc2nnc3n2CCCCC3)cc2ccccc12. The van der Waals surface area contributed by atoms with Gasteiger partial charge in [-0.3, -0.25) is 0 Å². The first-order valence-corrected chi connectivity index (χ1v) is 8.39. The number of hydrogen-bond acceptors (Lipinski definition) is 4. The lowest BCUT2D eigenvalue weighted by molar-refractivity contribution is 0.610. The number of anilines is 1. The molecule has 0 aliphatic carbocycles. The molecule has 23 heavy (non-hydrogen) atoms. The van der Waals surface area contributed by atoms with Gasteiger partial charge in [-0.25, -0.2) is 4.98 Å². The molecule has 1 aromatic carbocycles. The van der Waals surface area contributed by atoms with Crippen molar-refractivity contribution in [2.45, 2.75) is 38.8 Å². The Kier molecular flexibility index (Phi) is 3.87. The zero-order chi connectivity index (χ0) is 15.6. The van der Waals surface area contributed by atoms with Crippen molar-refractivity contribution in [3.8, 4) is 0 Å². The minimum Gasteiger partial charge on any atom is -0.363 e. The molecule has 0 spiro atoms. The van der Waals surface area contributed by atoms with Crippen LogP contribution in [0.5, 0.6) is 0 Å². The van der Waals surface area contributed by atoms with Gasteiger partial charge in [-0.05, 0) is 24.3 Å². The number of hydrogen-bond donors (Lipinski definition) is 1. The largest absolute Gasteiger partial charge is 0.363 e. The molecule has 0 saturated heterocycles. The van der Waals surface area contributed by atoms with E-state index in [0.29, 0.717) is 11.7 Å². The normalized spacial score (nSPS) is 14.5. The molecule has 118 valence electrons. The smallest absolute Gasteiger partial charge is 0.152 e. The van der Waals surface area contributed by atoms with Crippen LogP contribution in [-0.4, -0.2) is 19.7 Å². The van der Waals surface area contributed by atoms with Gasteiger partial charge in [-0.1, -0.05) is 42.3 Å². The van der Waals surface area contributed by atoms with E-state index in [1.54, 1.807) is 0 Å². The Bertz CT molecular complexity index is 842. The third-order valence-corrected chi connectivity index (χ3v) is 4.60. The number of benzene rings is 1. The van der Waals surface area contributed by atoms with Gasteiger partial charge in [0.25, 0.3) is 0 Å². The monoisotopic (exact) mass is 327 g/mol. The highest BCUT2D eigenvalue weighted by molar-refractivity contribution is 6.34. The highest BCUT2D eigenvalue weighted by Gasteiger charge is 2.14. The molecular weight excluding hydrogens is 310 g/mol. The van der Waals surface area contributed by atoms with Gasteiger partial charge in [0.2, 0.25) is 0 Å². The van der Waals surface area contributed by atoms with Gasteiger partial charge in [0, 0.05) is 18.4 Å². The lowest BCUT2D eigenvalue weighted by Crippen LogP contribution is -2.11. The average Bonchev–Trinajstić information content (AvgIpc) is 2.79. The summed E-state index contributed by atoms with van der Waals surface area (Å²) >= 11 is 6.28. The standard InChI is InChI=1S/C17H18ClN5/c18-17-13-7-4-3-6-12(13)10-14(20-17)19-11-16-22-21-15-8-2-1-5-9-23(15)16/h3-4,6-7,10H,1-2,5,8-9,11H2,(H,19,20). The van der Waals surface area contributed by atoms with Crippen LogP contribution in [0.3, 0.4) is 0 Å². The summed E-state index contributed by atoms with van der Waals surface area (Å²) in [5.41, 5.74) is 0. The molecule has 0 atom stereocenters. The summed E-state index contributed by atoms with van der Waals surface area (Å²) in [6, 6.07) is 10.0. The number of aryl methyl sites for hydroxylation is 1. The Morgan fingerprint density at radius 2 is 2.04 bits per heavy atom. The predicted molar refractivity (Wildman–Crippen MR) is 91.7 cm³/mol. The maximum atomic E-state index is 6.28. The number of nitrogens with zero attached hydrogens (tertiary/aromatic N) is 4. The number of rotatable bonds is 3. The second-order valence-electron chi connectivity index (χ2n) is 5.87. The molecular formula is C17H18ClN5. The number of halogens is 1. The second kappa shape index (κ2) is 6.16. The fourth-order valence-electron chi connectivity index (χ4n) is 3.09. The Morgan fingerprint density at radius 1 is 1.13 bits per heavy atom. The fourth-order valence-corrected chi connectivity index (χ4v) is 3.36. The summed E-state index contributed by atoms with van der Waals surface area (Å²) in [5, 5.41) is 14.6. The molecule has 3 heterocycles. The zero-order valence-electron chi connectivity index (χ0n) is 12.8. The molecule has 3 aromatic rings. The molecule has 1 aliphatic heterocycles. The van der Waals surface area contributed by atoms with Gasteiger partial charge in [0.1, 0.15) is 16.8 Å². The molecule has 0 amide bonds. The molecule has 0 radical (unpaired) electrons. The van der Waals surface area contributed by atoms with Crippen LogP contribution in [0.15, 0.2) is 30.3 Å². The van der Waals surface area contributed by atoms with Crippen molar-refractivity contribution in [3.05, 3.63) is 47.1 Å². The number of pyridine rings is 1. The Hall–Kier alpha value is -2.14. The van der Waals surface area contributed by atoms with Crippen molar-refractivity contribution in [1.29, 1.82) is 0 Å². The van der Waals surface area contributed by atoms with Crippen LogP contribution in [0.25, 0.3) is 10.8 Å². The summed E-state index contributed by atoms with van der Waals surface area (Å²) in [6.07, 6.45) is 4.68. The molecule has 0 bridgehead atoms. The summed E-state index contributed by atoms with van der Waals surface area (Å²) in [4.78, 5) is 4.43. The van der Waals surface area contributed by atoms with Gasteiger partial charge in [0.15, 0.2) is 5.82 Å². The van der Waals surface area contributed by atoms with Gasteiger partial charge in [0.05, 0.1) is 6.54 Å². The molecule has 5 nitrogen and oxygen atoms in total. The van der Waals surface area contributed by atoms with E-state index in [9.17, 15) is 0 Å². The van der Waals surface area contributed by atoms with Gasteiger partial charge in [-0.2, -0.15) is 0 Å². The van der Waals surface area contributed by atoms with Crippen molar-refractivity contribution < 1.29 is 0 Å². The van der Waals surface area contributed by atoms with E-state index in [2.05, 4.69) is 25.1 Å². The molecule has 4 rings (SSSR count). The first kappa shape index (κ1) is 14.5. The summed E-state index contributed by atoms with van der Waals surface area (Å²) < 4.78 is 2.24. The Labute approximate surface area is 139 Å². The minimum absolute atomic E-state index is 0.519. The van der Waals surface area contributed by atoms with E-state index in [-0.39, 0.29) is 0 Å². The third-order valence-electron chi connectivity index (χ3n) is 4.31. The van der Waals surface area contributed by atoms with Crippen LogP contribution >= 0.6 is 11.6 Å². The van der Waals surface area contributed by atoms with Crippen LogP contribution in [0.1, 0.15) is 30.9 Å². The van der Waals surface area contributed by atoms with Crippen molar-refractivity contribution in [2.75, 3.05) is 5.32 Å². The number of nitrogens with one attached hydrogen (secondary N) is 1. The van der Waals surface area contributed by atoms with Crippen molar-refractivity contribution in [1.82, 2.24) is 19.7 Å². The fraction of sp³-hybridized carbons (Fsp3) is 0.353. The van der Waals surface area contributed by atoms with Crippen LogP contribution in [0.2, 0.25) is 5.15 Å². The molecule has 0 unspecified atom stereocenters. The highest BCUT2D eigenvalue weighted by atomic mass is 35.5. The molecule has 0 saturated carbocycles. The van der Waals surface area contributed by atoms with E-state index < -0.39 is 0 Å². The highest BCUT2D eigenvalue weighted by Crippen LogP contribution is 2.24. The van der Waals surface area contributed by atoms with Crippen LogP contribution in [0.4, 0.5) is 5.82 Å². The molecule has 0 fully saturated rings. The van der Waals surface area contributed by atoms with Crippen LogP contribution < -0.4 is 5.32 Å². The summed E-state index contributed by atoms with van der Waals surface area (Å²) in [6.45, 7) is 1.61. The maximum absolute atomic E-state index is 6.28. The summed E-state index contributed by atoms with van der Waals surface area (Å²) in [7, 11) is 0. The van der Waals surface area contributed by atoms with E-state index in [1.807, 2.05) is 30.3 Å². The average molecular weight is 328 g/mol. The topological polar surface area (TPSA) is 55.6 Å². The summed E-state index contributed by atoms with van der Waals surface area (Å²) in [5.74, 6) is 2.83. The van der Waals surface area contributed by atoms with E-state index in [4.69, 9.17) is 11.6 Å². The Morgan fingerprint density at radius 3 is 3.00 bits per heavy atom. The molecule has 1 N–H and O–H groups in total. The first-order chi connectivity index (χ1) is 11.3. The number of fused-ring (bicyclic) bond motifs is 2. The van der Waals surface area contributed by atoms with Gasteiger partial charge >= 0.3 is 0 Å². The van der Waals surface area contributed by atoms with Gasteiger partial charge in [-0.15, -0.1) is 10.2 Å². The lowest BCUT2D eigenvalue weighted by Gasteiger charge is -2.10. The zero-order valence-corrected chi connectivity index (χ0v) is 13.6. The molecule has 6 heteroatoms. The maximum Gasteiger partial charge on any atom is 0.152 e. The van der Waals surface area contributed by atoms with E-state index in [1.165, 1.54) is 19.3 Å². The van der Waals surface area contributed by atoms with Gasteiger partial charge < -0.3 is 9.88 Å². The van der Waals surface area contributed by atoms with Crippen molar-refractivity contribution >= 4 is 28.2 Å². The predicted octanol–water partition coefficient (Wildman–Crippen LogP) is 3.82. The van der Waals surface area contributed by atoms with E-state index >= 15 is 0 Å². The quantitative estimate of drug-likeness (QED) is 0.743. The lowest BCUT2D eigenvalue weighted by atomic mass is 10.2. The first-order valence-electron chi connectivity index (χ1n) is 8.01. The number of aromatic nitrogens is 4.